The summed E-state index contributed by atoms with van der Waals surface area (Å²) in [5, 5.41) is 5.11. The van der Waals surface area contributed by atoms with Crippen molar-refractivity contribution in [1.82, 2.24) is 0 Å². The lowest BCUT2D eigenvalue weighted by Crippen LogP contribution is -2.02. The molecule has 1 nitrogen and oxygen atoms in total. The van der Waals surface area contributed by atoms with Gasteiger partial charge in [0, 0.05) is 5.56 Å². The second-order valence-corrected chi connectivity index (χ2v) is 11.9. The molecule has 6 rings (SSSR count). The Bertz CT molecular complexity index is 1720. The maximum Gasteiger partial charge on any atom is 0.128 e. The molecule has 0 radical (unpaired) electrons. The highest BCUT2D eigenvalue weighted by atomic mass is 31.1. The first-order valence-corrected chi connectivity index (χ1v) is 14.9. The van der Waals surface area contributed by atoms with Gasteiger partial charge in [-0.25, -0.2) is 0 Å². The number of ether oxygens (including phenoxy) is 1. The standard InChI is InChI=1S/C38H33OP/c1-27(2)31-19-23-34(30-17-21-33(22-18-30)40-32-14-7-4-8-15-32)36(25-31)38-35-16-10-9-13-29(35)20-24-37(38)39-26-28-11-5-3-6-12-28/h3-25,27,40H,26H2,1-2H3. The largest absolute Gasteiger partial charge is 0.488 e. The topological polar surface area (TPSA) is 9.23 Å². The predicted octanol–water partition coefficient (Wildman–Crippen LogP) is 9.51. The van der Waals surface area contributed by atoms with Gasteiger partial charge in [-0.15, -0.1) is 0 Å². The zero-order valence-electron chi connectivity index (χ0n) is 23.0. The molecule has 1 unspecified atom stereocenters. The van der Waals surface area contributed by atoms with Crippen LogP contribution in [0, 0.1) is 0 Å². The van der Waals surface area contributed by atoms with E-state index in [0.717, 1.165) is 16.9 Å². The fourth-order valence-corrected chi connectivity index (χ4v) is 6.21. The van der Waals surface area contributed by atoms with E-state index in [-0.39, 0.29) is 0 Å². The molecule has 6 aromatic carbocycles. The van der Waals surface area contributed by atoms with Crippen LogP contribution in [0.15, 0.2) is 140 Å². The molecule has 0 spiro atoms. The van der Waals surface area contributed by atoms with Crippen molar-refractivity contribution in [2.45, 2.75) is 26.4 Å². The van der Waals surface area contributed by atoms with E-state index >= 15 is 0 Å². The Morgan fingerprint density at radius 3 is 2.02 bits per heavy atom. The van der Waals surface area contributed by atoms with E-state index in [1.54, 1.807) is 0 Å². The third-order valence-electron chi connectivity index (χ3n) is 7.37. The molecule has 0 fully saturated rings. The van der Waals surface area contributed by atoms with E-state index < -0.39 is 0 Å². The molecule has 196 valence electrons. The molecule has 0 heterocycles. The molecule has 0 N–H and O–H groups in total. The minimum absolute atomic E-state index is 0.422. The summed E-state index contributed by atoms with van der Waals surface area (Å²) < 4.78 is 6.56. The van der Waals surface area contributed by atoms with Gasteiger partial charge in [-0.05, 0) is 61.2 Å². The minimum Gasteiger partial charge on any atom is -0.488 e. The normalized spacial score (nSPS) is 11.5. The zero-order valence-corrected chi connectivity index (χ0v) is 24.0. The molecule has 0 saturated heterocycles. The second kappa shape index (κ2) is 11.9. The molecular formula is C38H33OP. The third-order valence-corrected chi connectivity index (χ3v) is 8.61. The van der Waals surface area contributed by atoms with Crippen LogP contribution in [-0.2, 0) is 6.61 Å². The van der Waals surface area contributed by atoms with Crippen LogP contribution in [-0.4, -0.2) is 0 Å². The lowest BCUT2D eigenvalue weighted by Gasteiger charge is -2.20. The van der Waals surface area contributed by atoms with Crippen molar-refractivity contribution >= 4 is 30.0 Å². The molecule has 0 aliphatic heterocycles. The highest BCUT2D eigenvalue weighted by molar-refractivity contribution is 7.55. The van der Waals surface area contributed by atoms with Gasteiger partial charge in [0.1, 0.15) is 12.4 Å². The van der Waals surface area contributed by atoms with E-state index in [9.17, 15) is 0 Å². The van der Waals surface area contributed by atoms with Crippen LogP contribution >= 0.6 is 8.58 Å². The average Bonchev–Trinajstić information content (AvgIpc) is 3.01. The summed E-state index contributed by atoms with van der Waals surface area (Å²) in [7, 11) is 0.646. The van der Waals surface area contributed by atoms with Gasteiger partial charge in [-0.3, -0.25) is 0 Å². The molecular weight excluding hydrogens is 503 g/mol. The summed E-state index contributed by atoms with van der Waals surface area (Å²) in [6, 6.07) is 50.1. The number of fused-ring (bicyclic) bond motifs is 1. The number of rotatable bonds is 8. The first-order valence-electron chi connectivity index (χ1n) is 13.9. The van der Waals surface area contributed by atoms with Gasteiger partial charge in [-0.2, -0.15) is 0 Å². The Balaban J connectivity index is 1.47. The van der Waals surface area contributed by atoms with Crippen molar-refractivity contribution in [1.29, 1.82) is 0 Å². The predicted molar refractivity (Wildman–Crippen MR) is 174 cm³/mol. The Morgan fingerprint density at radius 1 is 0.600 bits per heavy atom. The van der Waals surface area contributed by atoms with E-state index in [4.69, 9.17) is 4.74 Å². The van der Waals surface area contributed by atoms with E-state index in [1.807, 2.05) is 6.07 Å². The quantitative estimate of drug-likeness (QED) is 0.176. The fourth-order valence-electron chi connectivity index (χ4n) is 5.19. The summed E-state index contributed by atoms with van der Waals surface area (Å²) >= 11 is 0. The van der Waals surface area contributed by atoms with Gasteiger partial charge < -0.3 is 4.74 Å². The van der Waals surface area contributed by atoms with Crippen LogP contribution in [0.4, 0.5) is 0 Å². The third kappa shape index (κ3) is 5.71. The van der Waals surface area contributed by atoms with Crippen molar-refractivity contribution < 1.29 is 4.74 Å². The van der Waals surface area contributed by atoms with Crippen LogP contribution in [0.1, 0.15) is 30.9 Å². The van der Waals surface area contributed by atoms with E-state index in [2.05, 4.69) is 147 Å². The van der Waals surface area contributed by atoms with Crippen LogP contribution in [0.3, 0.4) is 0 Å². The molecule has 2 heteroatoms. The fraction of sp³-hybridized carbons (Fsp3) is 0.105. The SMILES string of the molecule is CC(C)c1ccc(-c2ccc(Pc3ccccc3)cc2)c(-c2c(OCc3ccccc3)ccc3ccccc23)c1. The molecule has 6 aromatic rings. The average molecular weight is 537 g/mol. The van der Waals surface area contributed by atoms with Crippen molar-refractivity contribution in [3.8, 4) is 28.0 Å². The van der Waals surface area contributed by atoms with Gasteiger partial charge in [0.25, 0.3) is 0 Å². The Kier molecular flexibility index (Phi) is 7.76. The number of hydrogen-bond donors (Lipinski definition) is 0. The summed E-state index contributed by atoms with van der Waals surface area (Å²) in [6.45, 7) is 5.04. The maximum absolute atomic E-state index is 6.56. The summed E-state index contributed by atoms with van der Waals surface area (Å²) in [4.78, 5) is 0. The van der Waals surface area contributed by atoms with Crippen molar-refractivity contribution in [3.05, 3.63) is 151 Å². The molecule has 40 heavy (non-hydrogen) atoms. The molecule has 0 bridgehead atoms. The van der Waals surface area contributed by atoms with Gasteiger partial charge >= 0.3 is 0 Å². The van der Waals surface area contributed by atoms with Gasteiger partial charge in [0.15, 0.2) is 0 Å². The molecule has 0 aliphatic rings. The second-order valence-electron chi connectivity index (χ2n) is 10.5. The number of benzene rings is 6. The van der Waals surface area contributed by atoms with Crippen molar-refractivity contribution in [2.75, 3.05) is 0 Å². The van der Waals surface area contributed by atoms with E-state index in [1.165, 1.54) is 43.6 Å². The highest BCUT2D eigenvalue weighted by Gasteiger charge is 2.18. The van der Waals surface area contributed by atoms with Crippen LogP contribution in [0.2, 0.25) is 0 Å². The molecule has 0 aliphatic carbocycles. The first kappa shape index (κ1) is 26.1. The monoisotopic (exact) mass is 536 g/mol. The summed E-state index contributed by atoms with van der Waals surface area (Å²) in [5.41, 5.74) is 7.29. The van der Waals surface area contributed by atoms with E-state index in [0.29, 0.717) is 21.1 Å². The lowest BCUT2D eigenvalue weighted by molar-refractivity contribution is 0.308. The van der Waals surface area contributed by atoms with Crippen molar-refractivity contribution in [3.63, 3.8) is 0 Å². The van der Waals surface area contributed by atoms with Gasteiger partial charge in [0.05, 0.1) is 0 Å². The minimum atomic E-state index is 0.422. The Labute approximate surface area is 239 Å². The van der Waals surface area contributed by atoms with Crippen LogP contribution < -0.4 is 15.3 Å². The van der Waals surface area contributed by atoms with Gasteiger partial charge in [0.2, 0.25) is 0 Å². The highest BCUT2D eigenvalue weighted by Crippen LogP contribution is 2.43. The summed E-state index contributed by atoms with van der Waals surface area (Å²) in [5.74, 6) is 1.33. The summed E-state index contributed by atoms with van der Waals surface area (Å²) in [6.07, 6.45) is 0. The molecule has 0 aromatic heterocycles. The maximum atomic E-state index is 6.56. The first-order chi connectivity index (χ1) is 19.7. The van der Waals surface area contributed by atoms with Crippen LogP contribution in [0.25, 0.3) is 33.0 Å². The zero-order chi connectivity index (χ0) is 27.3. The molecule has 0 amide bonds. The van der Waals surface area contributed by atoms with Crippen LogP contribution in [0.5, 0.6) is 5.75 Å². The lowest BCUT2D eigenvalue weighted by atomic mass is 9.87. The van der Waals surface area contributed by atoms with Gasteiger partial charge in [-0.1, -0.05) is 156 Å². The van der Waals surface area contributed by atoms with Crippen molar-refractivity contribution in [2.24, 2.45) is 0 Å². The molecule has 0 saturated carbocycles. The number of hydrogen-bond acceptors (Lipinski definition) is 1. The Hall–Kier alpha value is -4.19. The Morgan fingerprint density at radius 2 is 1.27 bits per heavy atom. The molecule has 1 atom stereocenters. The smallest absolute Gasteiger partial charge is 0.128 e.